The molecule has 0 spiro atoms. The zero-order valence-electron chi connectivity index (χ0n) is 7.13. The van der Waals surface area contributed by atoms with Crippen molar-refractivity contribution in [1.82, 2.24) is 0 Å². The summed E-state index contributed by atoms with van der Waals surface area (Å²) in [4.78, 5) is 10.7. The zero-order valence-corrected chi connectivity index (χ0v) is 8.02. The molecule has 1 fully saturated rings. The number of aliphatic carboxylic acids is 1. The summed E-state index contributed by atoms with van der Waals surface area (Å²) < 4.78 is 0. The van der Waals surface area contributed by atoms with E-state index in [4.69, 9.17) is 15.3 Å². The van der Waals surface area contributed by atoms with Gasteiger partial charge in [-0.15, -0.1) is 0 Å². The molecule has 13 heavy (non-hydrogen) atoms. The number of hydrogen-bond donors (Lipinski definition) is 4. The largest absolute Gasteiger partial charge is 0.481 e. The Hall–Kier alpha value is -0.260. The molecule has 0 saturated heterocycles. The highest BCUT2D eigenvalue weighted by Gasteiger charge is 2.48. The summed E-state index contributed by atoms with van der Waals surface area (Å²) in [5.74, 6) is -1.14. The van der Waals surface area contributed by atoms with Crippen molar-refractivity contribution in [3.05, 3.63) is 0 Å². The number of rotatable bonds is 5. The third-order valence-corrected chi connectivity index (χ3v) is 2.81. The number of carboxylic acids is 1. The second-order valence-electron chi connectivity index (χ2n) is 3.43. The van der Waals surface area contributed by atoms with Crippen LogP contribution < -0.4 is 0 Å². The van der Waals surface area contributed by atoms with Crippen LogP contribution in [0.5, 0.6) is 0 Å². The maximum absolute atomic E-state index is 10.7. The van der Waals surface area contributed by atoms with E-state index in [-0.39, 0.29) is 11.8 Å². The van der Waals surface area contributed by atoms with E-state index in [0.717, 1.165) is 0 Å². The van der Waals surface area contributed by atoms with E-state index in [0.29, 0.717) is 18.6 Å². The molecular weight excluding hydrogens is 192 g/mol. The minimum atomic E-state index is -1.37. The van der Waals surface area contributed by atoms with Gasteiger partial charge in [0.1, 0.15) is 0 Å². The van der Waals surface area contributed by atoms with Crippen LogP contribution in [-0.4, -0.2) is 33.3 Å². The lowest BCUT2D eigenvalue weighted by Crippen LogP contribution is -2.20. The van der Waals surface area contributed by atoms with Gasteiger partial charge in [-0.2, -0.15) is 12.6 Å². The first-order valence-corrected chi connectivity index (χ1v) is 4.91. The summed E-state index contributed by atoms with van der Waals surface area (Å²) in [5, 5.41) is 26.4. The van der Waals surface area contributed by atoms with E-state index in [1.165, 1.54) is 0 Å². The van der Waals surface area contributed by atoms with Crippen molar-refractivity contribution < 1.29 is 20.1 Å². The summed E-state index contributed by atoms with van der Waals surface area (Å²) in [6.07, 6.45) is -0.277. The highest BCUT2D eigenvalue weighted by Crippen LogP contribution is 2.47. The van der Waals surface area contributed by atoms with E-state index in [9.17, 15) is 4.79 Å². The van der Waals surface area contributed by atoms with Crippen LogP contribution in [0.2, 0.25) is 0 Å². The Bertz CT molecular complexity index is 195. The van der Waals surface area contributed by atoms with Gasteiger partial charge in [0.25, 0.3) is 0 Å². The van der Waals surface area contributed by atoms with Gasteiger partial charge in [-0.1, -0.05) is 0 Å². The first-order chi connectivity index (χ1) is 6.07. The molecule has 1 aliphatic rings. The van der Waals surface area contributed by atoms with Gasteiger partial charge in [-0.05, 0) is 24.5 Å². The Morgan fingerprint density at radius 3 is 2.38 bits per heavy atom. The van der Waals surface area contributed by atoms with Crippen LogP contribution in [0.15, 0.2) is 0 Å². The van der Waals surface area contributed by atoms with Gasteiger partial charge in [-0.25, -0.2) is 0 Å². The first-order valence-electron chi connectivity index (χ1n) is 4.27. The van der Waals surface area contributed by atoms with Crippen molar-refractivity contribution in [3.8, 4) is 0 Å². The summed E-state index contributed by atoms with van der Waals surface area (Å²) >= 11 is 3.97. The van der Waals surface area contributed by atoms with Crippen LogP contribution in [0.3, 0.4) is 0 Å². The van der Waals surface area contributed by atoms with Crippen molar-refractivity contribution in [2.75, 3.05) is 5.75 Å². The summed E-state index contributed by atoms with van der Waals surface area (Å²) in [6, 6.07) is 0. The smallest absolute Gasteiger partial charge is 0.306 e. The van der Waals surface area contributed by atoms with E-state index in [1.54, 1.807) is 0 Å². The fourth-order valence-corrected chi connectivity index (χ4v) is 1.98. The van der Waals surface area contributed by atoms with Crippen LogP contribution in [0.25, 0.3) is 0 Å². The van der Waals surface area contributed by atoms with E-state index < -0.39 is 18.2 Å². The fraction of sp³-hybridized carbons (Fsp3) is 0.875. The number of aliphatic hydroxyl groups excluding tert-OH is 1. The summed E-state index contributed by atoms with van der Waals surface area (Å²) in [7, 11) is 0. The molecule has 3 unspecified atom stereocenters. The Labute approximate surface area is 82.0 Å². The average molecular weight is 206 g/mol. The molecule has 0 radical (unpaired) electrons. The molecule has 0 bridgehead atoms. The molecule has 0 aromatic heterocycles. The number of aliphatic hydroxyl groups is 2. The van der Waals surface area contributed by atoms with E-state index in [1.807, 2.05) is 0 Å². The molecule has 0 aromatic carbocycles. The third-order valence-electron chi connectivity index (χ3n) is 2.55. The van der Waals surface area contributed by atoms with Crippen LogP contribution in [0, 0.1) is 17.8 Å². The number of hydrogen-bond acceptors (Lipinski definition) is 4. The zero-order chi connectivity index (χ0) is 10.0. The number of carboxylic acid groups (broad SMARTS) is 1. The van der Waals surface area contributed by atoms with Gasteiger partial charge in [-0.3, -0.25) is 4.79 Å². The lowest BCUT2D eigenvalue weighted by molar-refractivity contribution is -0.143. The third kappa shape index (κ3) is 2.59. The minimum Gasteiger partial charge on any atom is -0.481 e. The molecule has 3 atom stereocenters. The second-order valence-corrected chi connectivity index (χ2v) is 3.88. The van der Waals surface area contributed by atoms with Gasteiger partial charge >= 0.3 is 5.97 Å². The van der Waals surface area contributed by atoms with Crippen LogP contribution in [-0.2, 0) is 4.79 Å². The topological polar surface area (TPSA) is 77.8 Å². The van der Waals surface area contributed by atoms with Crippen LogP contribution in [0.1, 0.15) is 12.8 Å². The average Bonchev–Trinajstić information content (AvgIpc) is 2.78. The number of carbonyl (C=O) groups is 1. The van der Waals surface area contributed by atoms with E-state index >= 15 is 0 Å². The van der Waals surface area contributed by atoms with Crippen molar-refractivity contribution >= 4 is 18.6 Å². The Morgan fingerprint density at radius 1 is 1.46 bits per heavy atom. The minimum absolute atomic E-state index is 0.0790. The summed E-state index contributed by atoms with van der Waals surface area (Å²) in [6.45, 7) is 0. The highest BCUT2D eigenvalue weighted by molar-refractivity contribution is 7.80. The predicted octanol–water partition coefficient (Wildman–Crippen LogP) is -0.0461. The first kappa shape index (κ1) is 10.8. The highest BCUT2D eigenvalue weighted by atomic mass is 32.1. The van der Waals surface area contributed by atoms with Gasteiger partial charge in [0, 0.05) is 5.92 Å². The normalized spacial score (nSPS) is 28.9. The molecule has 0 heterocycles. The molecule has 5 heteroatoms. The molecule has 4 nitrogen and oxygen atoms in total. The standard InChI is InChI=1S/C8H14O4S/c9-7(10)4(1-2-13)5-3-6(5)8(11)12/h4-6,8,11-13H,1-3H2,(H,9,10). The Kier molecular flexibility index (Phi) is 3.58. The predicted molar refractivity (Wildman–Crippen MR) is 49.4 cm³/mol. The maximum atomic E-state index is 10.7. The van der Waals surface area contributed by atoms with Gasteiger partial charge < -0.3 is 15.3 Å². The van der Waals surface area contributed by atoms with Crippen molar-refractivity contribution in [2.45, 2.75) is 19.1 Å². The quantitative estimate of drug-likeness (QED) is 0.376. The molecule has 1 aliphatic carbocycles. The molecule has 3 N–H and O–H groups in total. The van der Waals surface area contributed by atoms with Gasteiger partial charge in [0.05, 0.1) is 5.92 Å². The molecule has 0 amide bonds. The fourth-order valence-electron chi connectivity index (χ4n) is 1.70. The number of thiol groups is 1. The molecular formula is C8H14O4S. The SMILES string of the molecule is O=C(O)C(CCS)C1CC1C(O)O. The van der Waals surface area contributed by atoms with Crippen molar-refractivity contribution in [3.63, 3.8) is 0 Å². The summed E-state index contributed by atoms with van der Waals surface area (Å²) in [5.41, 5.74) is 0. The molecule has 76 valence electrons. The lowest BCUT2D eigenvalue weighted by atomic mass is 9.99. The molecule has 1 saturated carbocycles. The second kappa shape index (κ2) is 4.30. The van der Waals surface area contributed by atoms with E-state index in [2.05, 4.69) is 12.6 Å². The maximum Gasteiger partial charge on any atom is 0.306 e. The lowest BCUT2D eigenvalue weighted by Gasteiger charge is -2.10. The Balaban J connectivity index is 2.45. The van der Waals surface area contributed by atoms with Gasteiger partial charge in [0.2, 0.25) is 0 Å². The van der Waals surface area contributed by atoms with Crippen LogP contribution >= 0.6 is 12.6 Å². The van der Waals surface area contributed by atoms with Gasteiger partial charge in [0.15, 0.2) is 6.29 Å². The molecule has 0 aliphatic heterocycles. The molecule has 0 aromatic rings. The monoisotopic (exact) mass is 206 g/mol. The Morgan fingerprint density at radius 2 is 2.08 bits per heavy atom. The molecule has 1 rings (SSSR count). The van der Waals surface area contributed by atoms with Crippen molar-refractivity contribution in [1.29, 1.82) is 0 Å². The van der Waals surface area contributed by atoms with Crippen molar-refractivity contribution in [2.24, 2.45) is 17.8 Å². The van der Waals surface area contributed by atoms with Crippen LogP contribution in [0.4, 0.5) is 0 Å².